The predicted molar refractivity (Wildman–Crippen MR) is 57.1 cm³/mol. The number of carbonyl (C=O) groups excluding carboxylic acids is 1. The molecule has 0 radical (unpaired) electrons. The summed E-state index contributed by atoms with van der Waals surface area (Å²) >= 11 is 0. The fourth-order valence-corrected chi connectivity index (χ4v) is 2.94. The van der Waals surface area contributed by atoms with Gasteiger partial charge in [-0.25, -0.2) is 0 Å². The van der Waals surface area contributed by atoms with Crippen molar-refractivity contribution in [2.45, 2.75) is 58.0 Å². The van der Waals surface area contributed by atoms with Crippen molar-refractivity contribution in [3.63, 3.8) is 0 Å². The summed E-state index contributed by atoms with van der Waals surface area (Å²) < 4.78 is 0. The monoisotopic (exact) mass is 195 g/mol. The van der Waals surface area contributed by atoms with Crippen molar-refractivity contribution in [2.75, 3.05) is 0 Å². The molecule has 2 rings (SSSR count). The van der Waals surface area contributed by atoms with Crippen LogP contribution in [0.2, 0.25) is 0 Å². The van der Waals surface area contributed by atoms with E-state index in [0.717, 1.165) is 12.3 Å². The highest BCUT2D eigenvalue weighted by Crippen LogP contribution is 2.33. The van der Waals surface area contributed by atoms with Crippen LogP contribution in [-0.4, -0.2) is 17.9 Å². The molecule has 1 unspecified atom stereocenters. The van der Waals surface area contributed by atoms with Crippen LogP contribution >= 0.6 is 0 Å². The second kappa shape index (κ2) is 4.01. The summed E-state index contributed by atoms with van der Waals surface area (Å²) in [6.45, 7) is 4.01. The number of nitrogens with one attached hydrogen (secondary N) is 1. The molecule has 1 saturated carbocycles. The van der Waals surface area contributed by atoms with Gasteiger partial charge in [-0.1, -0.05) is 26.7 Å². The van der Waals surface area contributed by atoms with Gasteiger partial charge in [0, 0.05) is 12.0 Å². The van der Waals surface area contributed by atoms with Crippen LogP contribution in [0.15, 0.2) is 0 Å². The fourth-order valence-electron chi connectivity index (χ4n) is 2.94. The lowest BCUT2D eigenvalue weighted by Crippen LogP contribution is -2.38. The van der Waals surface area contributed by atoms with E-state index in [9.17, 15) is 4.79 Å². The van der Waals surface area contributed by atoms with Gasteiger partial charge < -0.3 is 5.32 Å². The Labute approximate surface area is 86.5 Å². The topological polar surface area (TPSA) is 29.1 Å². The van der Waals surface area contributed by atoms with Gasteiger partial charge in [-0.2, -0.15) is 0 Å². The van der Waals surface area contributed by atoms with E-state index in [0.29, 0.717) is 11.8 Å². The zero-order valence-electron chi connectivity index (χ0n) is 9.25. The summed E-state index contributed by atoms with van der Waals surface area (Å²) in [6, 6.07) is 0.819. The van der Waals surface area contributed by atoms with E-state index in [-0.39, 0.29) is 12.0 Å². The molecule has 1 saturated heterocycles. The lowest BCUT2D eigenvalue weighted by Gasteiger charge is -2.24. The van der Waals surface area contributed by atoms with E-state index in [1.54, 1.807) is 0 Å². The van der Waals surface area contributed by atoms with Crippen molar-refractivity contribution in [2.24, 2.45) is 11.8 Å². The molecule has 1 N–H and O–H groups in total. The van der Waals surface area contributed by atoms with E-state index in [4.69, 9.17) is 0 Å². The van der Waals surface area contributed by atoms with E-state index < -0.39 is 0 Å². The third kappa shape index (κ3) is 1.85. The molecule has 1 aliphatic carbocycles. The zero-order chi connectivity index (χ0) is 10.1. The first kappa shape index (κ1) is 10.2. The van der Waals surface area contributed by atoms with Gasteiger partial charge in [-0.3, -0.25) is 4.79 Å². The smallest absolute Gasteiger partial charge is 0.152 e. The van der Waals surface area contributed by atoms with Crippen molar-refractivity contribution in [3.8, 4) is 0 Å². The first-order chi connectivity index (χ1) is 6.68. The third-order valence-electron chi connectivity index (χ3n) is 3.78. The summed E-state index contributed by atoms with van der Waals surface area (Å²) in [5.41, 5.74) is 0. The minimum Gasteiger partial charge on any atom is -0.304 e. The molecule has 2 heteroatoms. The molecule has 2 fully saturated rings. The average molecular weight is 195 g/mol. The maximum atomic E-state index is 11.8. The summed E-state index contributed by atoms with van der Waals surface area (Å²) in [7, 11) is 0. The second-order valence-corrected chi connectivity index (χ2v) is 5.16. The first-order valence-electron chi connectivity index (χ1n) is 5.98. The Kier molecular flexibility index (Phi) is 2.91. The Hall–Kier alpha value is -0.370. The lowest BCUT2D eigenvalue weighted by atomic mass is 9.84. The molecule has 80 valence electrons. The van der Waals surface area contributed by atoms with E-state index in [2.05, 4.69) is 5.32 Å². The maximum absolute atomic E-state index is 11.8. The Balaban J connectivity index is 1.95. The van der Waals surface area contributed by atoms with E-state index in [1.807, 2.05) is 13.8 Å². The quantitative estimate of drug-likeness (QED) is 0.731. The minimum atomic E-state index is 0.170. The van der Waals surface area contributed by atoms with Gasteiger partial charge in [0.1, 0.15) is 0 Å². The molecule has 0 aromatic heterocycles. The molecule has 3 atom stereocenters. The summed E-state index contributed by atoms with van der Waals surface area (Å²) in [6.07, 6.45) is 6.43. The number of ketones is 1. The van der Waals surface area contributed by atoms with Crippen molar-refractivity contribution in [1.29, 1.82) is 0 Å². The van der Waals surface area contributed by atoms with Gasteiger partial charge in [0.15, 0.2) is 5.78 Å². The average Bonchev–Trinajstić information content (AvgIpc) is 2.59. The Morgan fingerprint density at radius 3 is 2.64 bits per heavy atom. The molecule has 1 heterocycles. The van der Waals surface area contributed by atoms with Crippen LogP contribution in [0.5, 0.6) is 0 Å². The van der Waals surface area contributed by atoms with Gasteiger partial charge in [0.05, 0.1) is 6.04 Å². The zero-order valence-corrected chi connectivity index (χ0v) is 9.25. The van der Waals surface area contributed by atoms with Crippen LogP contribution in [0.1, 0.15) is 46.0 Å². The molecule has 0 bridgehead atoms. The molecule has 14 heavy (non-hydrogen) atoms. The van der Waals surface area contributed by atoms with Crippen molar-refractivity contribution in [3.05, 3.63) is 0 Å². The van der Waals surface area contributed by atoms with E-state index >= 15 is 0 Å². The summed E-state index contributed by atoms with van der Waals surface area (Å²) in [5.74, 6) is 1.39. The highest BCUT2D eigenvalue weighted by Gasteiger charge is 2.38. The van der Waals surface area contributed by atoms with Crippen LogP contribution < -0.4 is 5.32 Å². The first-order valence-corrected chi connectivity index (χ1v) is 5.98. The van der Waals surface area contributed by atoms with Crippen LogP contribution in [0, 0.1) is 11.8 Å². The Morgan fingerprint density at radius 2 is 2.00 bits per heavy atom. The molecule has 0 aromatic carbocycles. The fraction of sp³-hybridized carbons (Fsp3) is 0.917. The van der Waals surface area contributed by atoms with E-state index in [1.165, 1.54) is 25.7 Å². The maximum Gasteiger partial charge on any atom is 0.152 e. The highest BCUT2D eigenvalue weighted by atomic mass is 16.1. The molecule has 0 spiro atoms. The van der Waals surface area contributed by atoms with Gasteiger partial charge in [0.2, 0.25) is 0 Å². The number of hydrogen-bond donors (Lipinski definition) is 1. The van der Waals surface area contributed by atoms with Gasteiger partial charge in [-0.05, 0) is 25.2 Å². The molecule has 0 amide bonds. The van der Waals surface area contributed by atoms with Crippen molar-refractivity contribution >= 4 is 5.78 Å². The summed E-state index contributed by atoms with van der Waals surface area (Å²) in [5, 5.41) is 3.52. The second-order valence-electron chi connectivity index (χ2n) is 5.16. The largest absolute Gasteiger partial charge is 0.304 e. The predicted octanol–water partition coefficient (Wildman–Crippen LogP) is 2.13. The number of rotatable bonds is 2. The summed E-state index contributed by atoms with van der Waals surface area (Å²) in [4.78, 5) is 11.8. The van der Waals surface area contributed by atoms with Gasteiger partial charge in [-0.15, -0.1) is 0 Å². The van der Waals surface area contributed by atoms with Crippen LogP contribution in [0.25, 0.3) is 0 Å². The Morgan fingerprint density at radius 1 is 1.29 bits per heavy atom. The number of fused-ring (bicyclic) bond motifs is 1. The van der Waals surface area contributed by atoms with Crippen LogP contribution in [0.3, 0.4) is 0 Å². The molecular weight excluding hydrogens is 174 g/mol. The molecule has 1 aliphatic heterocycles. The number of Topliss-reactive ketones (excluding diaryl/α,β-unsaturated/α-hetero) is 1. The van der Waals surface area contributed by atoms with Crippen molar-refractivity contribution in [1.82, 2.24) is 5.32 Å². The number of hydrogen-bond acceptors (Lipinski definition) is 2. The number of carbonyl (C=O) groups is 1. The third-order valence-corrected chi connectivity index (χ3v) is 3.78. The van der Waals surface area contributed by atoms with Crippen molar-refractivity contribution < 1.29 is 4.79 Å². The minimum absolute atomic E-state index is 0.170. The highest BCUT2D eigenvalue weighted by molar-refractivity contribution is 5.86. The van der Waals surface area contributed by atoms with Crippen LogP contribution in [0.4, 0.5) is 0 Å². The van der Waals surface area contributed by atoms with Gasteiger partial charge >= 0.3 is 0 Å². The lowest BCUT2D eigenvalue weighted by molar-refractivity contribution is -0.123. The van der Waals surface area contributed by atoms with Gasteiger partial charge in [0.25, 0.3) is 0 Å². The molecular formula is C12H21NO. The SMILES string of the molecule is CC(C)C(=O)C1C[C@@H]2CCCC[C@@H]2N1. The molecule has 2 nitrogen and oxygen atoms in total. The Bertz CT molecular complexity index is 210. The van der Waals surface area contributed by atoms with Crippen LogP contribution in [-0.2, 0) is 4.79 Å². The standard InChI is InChI=1S/C12H21NO/c1-8(2)12(14)11-7-9-5-3-4-6-10(9)13-11/h8-11,13H,3-7H2,1-2H3/t9-,10-,11?/m0/s1. The molecule has 0 aromatic rings. The normalized spacial score (nSPS) is 37.2. The molecule has 2 aliphatic rings.